The van der Waals surface area contributed by atoms with Crippen LogP contribution in [-0.4, -0.2) is 70.2 Å². The molecule has 160 valence electrons. The van der Waals surface area contributed by atoms with Gasteiger partial charge in [-0.2, -0.15) is 12.7 Å². The second-order valence-corrected chi connectivity index (χ2v) is 10.9. The average Bonchev–Trinajstić information content (AvgIpc) is 3.05. The standard InChI is InChI=1S/C18H26N4O5S2/c1-21-11-6-10-17(21)20-29(26,27)15-8-5-7-14(13-15)19-18(23)16-9-3-4-12-22(16)28(2,24)25/h5,7-8,13,16H,3-4,6,9-12H2,1-2H3,(H,19,23)/b20-17+. The number of amides is 1. The third-order valence-electron chi connectivity index (χ3n) is 5.14. The van der Waals surface area contributed by atoms with Crippen molar-refractivity contribution in [2.75, 3.05) is 31.7 Å². The summed E-state index contributed by atoms with van der Waals surface area (Å²) in [5.74, 6) is 0.0527. The van der Waals surface area contributed by atoms with E-state index in [1.165, 1.54) is 22.5 Å². The zero-order valence-corrected chi connectivity index (χ0v) is 18.2. The molecular formula is C18H26N4O5S2. The van der Waals surface area contributed by atoms with Crippen LogP contribution in [0.3, 0.4) is 0 Å². The normalized spacial score (nSPS) is 22.8. The lowest BCUT2D eigenvalue weighted by Gasteiger charge is -2.32. The summed E-state index contributed by atoms with van der Waals surface area (Å²) < 4.78 is 54.4. The average molecular weight is 443 g/mol. The van der Waals surface area contributed by atoms with Gasteiger partial charge in [-0.3, -0.25) is 4.79 Å². The quantitative estimate of drug-likeness (QED) is 0.734. The number of piperidine rings is 1. The van der Waals surface area contributed by atoms with Crippen LogP contribution in [0.2, 0.25) is 0 Å². The number of sulfonamides is 2. The Bertz CT molecular complexity index is 1020. The predicted molar refractivity (Wildman–Crippen MR) is 111 cm³/mol. The van der Waals surface area contributed by atoms with E-state index in [1.807, 2.05) is 4.90 Å². The fourth-order valence-corrected chi connectivity index (χ4v) is 5.89. The first kappa shape index (κ1) is 21.7. The minimum absolute atomic E-state index is 0.0216. The van der Waals surface area contributed by atoms with Gasteiger partial charge in [0.1, 0.15) is 11.9 Å². The van der Waals surface area contributed by atoms with Crippen LogP contribution in [0.1, 0.15) is 32.1 Å². The van der Waals surface area contributed by atoms with Gasteiger partial charge in [0.25, 0.3) is 10.0 Å². The van der Waals surface area contributed by atoms with Gasteiger partial charge in [-0.1, -0.05) is 12.5 Å². The van der Waals surface area contributed by atoms with E-state index in [4.69, 9.17) is 0 Å². The molecule has 3 rings (SSSR count). The van der Waals surface area contributed by atoms with E-state index in [1.54, 1.807) is 13.1 Å². The lowest BCUT2D eigenvalue weighted by atomic mass is 10.0. The lowest BCUT2D eigenvalue weighted by Crippen LogP contribution is -2.49. The molecule has 1 N–H and O–H groups in total. The number of carbonyl (C=O) groups is 1. The van der Waals surface area contributed by atoms with Crippen molar-refractivity contribution in [1.82, 2.24) is 9.21 Å². The fraction of sp³-hybridized carbons (Fsp3) is 0.556. The molecule has 29 heavy (non-hydrogen) atoms. The maximum Gasteiger partial charge on any atom is 0.284 e. The highest BCUT2D eigenvalue weighted by Gasteiger charge is 2.34. The maximum atomic E-state index is 12.7. The summed E-state index contributed by atoms with van der Waals surface area (Å²) in [7, 11) is -5.61. The Balaban J connectivity index is 1.80. The molecule has 2 aliphatic heterocycles. The minimum Gasteiger partial charge on any atom is -0.362 e. The third kappa shape index (κ3) is 5.14. The first-order valence-corrected chi connectivity index (χ1v) is 12.8. The van der Waals surface area contributed by atoms with Crippen LogP contribution in [0.4, 0.5) is 5.69 Å². The molecule has 1 amide bonds. The maximum absolute atomic E-state index is 12.7. The molecule has 0 aliphatic carbocycles. The first-order chi connectivity index (χ1) is 13.6. The van der Waals surface area contributed by atoms with Crippen LogP contribution in [0, 0.1) is 0 Å². The van der Waals surface area contributed by atoms with E-state index in [2.05, 4.69) is 9.71 Å². The van der Waals surface area contributed by atoms with Gasteiger partial charge in [0.15, 0.2) is 0 Å². The van der Waals surface area contributed by atoms with Gasteiger partial charge in [-0.25, -0.2) is 8.42 Å². The molecule has 1 unspecified atom stereocenters. The highest BCUT2D eigenvalue weighted by Crippen LogP contribution is 2.23. The van der Waals surface area contributed by atoms with Crippen LogP contribution < -0.4 is 5.32 Å². The molecular weight excluding hydrogens is 416 g/mol. The number of nitrogens with one attached hydrogen (secondary N) is 1. The highest BCUT2D eigenvalue weighted by molar-refractivity contribution is 7.90. The highest BCUT2D eigenvalue weighted by atomic mass is 32.2. The van der Waals surface area contributed by atoms with E-state index in [0.29, 0.717) is 31.6 Å². The van der Waals surface area contributed by atoms with Crippen LogP contribution >= 0.6 is 0 Å². The van der Waals surface area contributed by atoms with Crippen molar-refractivity contribution in [1.29, 1.82) is 0 Å². The monoisotopic (exact) mass is 442 g/mol. The van der Waals surface area contributed by atoms with Crippen molar-refractivity contribution in [3.63, 3.8) is 0 Å². The van der Waals surface area contributed by atoms with Crippen molar-refractivity contribution in [2.24, 2.45) is 4.40 Å². The minimum atomic E-state index is -3.91. The second kappa shape index (κ2) is 8.41. The Hall–Kier alpha value is -1.98. The molecule has 2 fully saturated rings. The number of rotatable bonds is 5. The van der Waals surface area contributed by atoms with Crippen molar-refractivity contribution in [3.8, 4) is 0 Å². The van der Waals surface area contributed by atoms with Crippen LogP contribution in [0.25, 0.3) is 0 Å². The van der Waals surface area contributed by atoms with Gasteiger partial charge in [0.2, 0.25) is 15.9 Å². The van der Waals surface area contributed by atoms with Crippen LogP contribution in [0.5, 0.6) is 0 Å². The van der Waals surface area contributed by atoms with Gasteiger partial charge in [0, 0.05) is 32.2 Å². The molecule has 1 atom stereocenters. The van der Waals surface area contributed by atoms with E-state index in [0.717, 1.165) is 25.6 Å². The van der Waals surface area contributed by atoms with Gasteiger partial charge >= 0.3 is 0 Å². The Morgan fingerprint density at radius 3 is 2.55 bits per heavy atom. The summed E-state index contributed by atoms with van der Waals surface area (Å²) in [6.45, 7) is 1.07. The zero-order valence-electron chi connectivity index (χ0n) is 16.5. The van der Waals surface area contributed by atoms with Crippen molar-refractivity contribution in [3.05, 3.63) is 24.3 Å². The summed E-state index contributed by atoms with van der Waals surface area (Å²) in [5, 5.41) is 2.66. The van der Waals surface area contributed by atoms with Crippen LogP contribution in [0.15, 0.2) is 33.6 Å². The molecule has 0 bridgehead atoms. The molecule has 9 nitrogen and oxygen atoms in total. The predicted octanol–water partition coefficient (Wildman–Crippen LogP) is 1.25. The van der Waals surface area contributed by atoms with E-state index < -0.39 is 32.0 Å². The molecule has 2 saturated heterocycles. The Morgan fingerprint density at radius 2 is 1.90 bits per heavy atom. The van der Waals surface area contributed by atoms with Gasteiger partial charge in [-0.15, -0.1) is 4.40 Å². The Labute approximate surface area is 171 Å². The zero-order chi connectivity index (χ0) is 21.2. The number of hydrogen-bond donors (Lipinski definition) is 1. The molecule has 0 radical (unpaired) electrons. The van der Waals surface area contributed by atoms with Crippen LogP contribution in [-0.2, 0) is 24.8 Å². The van der Waals surface area contributed by atoms with Crippen molar-refractivity contribution in [2.45, 2.75) is 43.0 Å². The molecule has 2 aliphatic rings. The van der Waals surface area contributed by atoms with Gasteiger partial charge in [-0.05, 0) is 37.5 Å². The summed E-state index contributed by atoms with van der Waals surface area (Å²) in [6, 6.07) is 5.06. The number of carbonyl (C=O) groups excluding carboxylic acids is 1. The smallest absolute Gasteiger partial charge is 0.284 e. The molecule has 1 aromatic rings. The summed E-state index contributed by atoms with van der Waals surface area (Å²) in [5.41, 5.74) is 0.287. The second-order valence-electron chi connectivity index (χ2n) is 7.41. The lowest BCUT2D eigenvalue weighted by molar-refractivity contribution is -0.120. The molecule has 0 spiro atoms. The molecule has 1 aromatic carbocycles. The van der Waals surface area contributed by atoms with Gasteiger partial charge < -0.3 is 10.2 Å². The molecule has 2 heterocycles. The largest absolute Gasteiger partial charge is 0.362 e. The van der Waals surface area contributed by atoms with Gasteiger partial charge in [0.05, 0.1) is 11.2 Å². The number of amidine groups is 1. The number of hydrogen-bond acceptors (Lipinski definition) is 5. The number of nitrogens with zero attached hydrogens (tertiary/aromatic N) is 3. The number of likely N-dealkylation sites (tertiary alicyclic amines) is 1. The van der Waals surface area contributed by atoms with Crippen molar-refractivity contribution >= 4 is 37.5 Å². The molecule has 11 heteroatoms. The summed E-state index contributed by atoms with van der Waals surface area (Å²) in [6.07, 6.45) is 4.44. The summed E-state index contributed by atoms with van der Waals surface area (Å²) >= 11 is 0. The Kier molecular flexibility index (Phi) is 6.30. The first-order valence-electron chi connectivity index (χ1n) is 9.51. The Morgan fingerprint density at radius 1 is 1.14 bits per heavy atom. The topological polar surface area (TPSA) is 116 Å². The number of benzene rings is 1. The van der Waals surface area contributed by atoms with E-state index in [9.17, 15) is 21.6 Å². The number of anilines is 1. The molecule has 0 saturated carbocycles. The molecule has 0 aromatic heterocycles. The third-order valence-corrected chi connectivity index (χ3v) is 7.73. The van der Waals surface area contributed by atoms with E-state index in [-0.39, 0.29) is 10.6 Å². The summed E-state index contributed by atoms with van der Waals surface area (Å²) in [4.78, 5) is 14.5. The van der Waals surface area contributed by atoms with Crippen molar-refractivity contribution < 1.29 is 21.6 Å². The van der Waals surface area contributed by atoms with E-state index >= 15 is 0 Å². The fourth-order valence-electron chi connectivity index (χ4n) is 3.62. The SMILES string of the molecule is CN1CCC/C1=N\S(=O)(=O)c1cccc(NC(=O)C2CCCCN2S(C)(=O)=O)c1.